The highest BCUT2D eigenvalue weighted by atomic mass is 35.5. The predicted octanol–water partition coefficient (Wildman–Crippen LogP) is 2.92. The van der Waals surface area contributed by atoms with Gasteiger partial charge < -0.3 is 10.6 Å². The van der Waals surface area contributed by atoms with Gasteiger partial charge in [0.15, 0.2) is 0 Å². The largest absolute Gasteiger partial charge is 0.389 e. The first-order valence-corrected chi connectivity index (χ1v) is 7.54. The molecule has 5 heteroatoms. The minimum absolute atomic E-state index is 0.416. The molecule has 0 aliphatic carbocycles. The number of rotatable bonds is 2. The SMILES string of the molecule is NC(=S)c1cc(Cl)ccc1N1CCCSCC1. The van der Waals surface area contributed by atoms with Crippen LogP contribution in [0.15, 0.2) is 18.2 Å². The summed E-state index contributed by atoms with van der Waals surface area (Å²) in [4.78, 5) is 2.77. The first-order valence-electron chi connectivity index (χ1n) is 5.60. The quantitative estimate of drug-likeness (QED) is 0.847. The van der Waals surface area contributed by atoms with Crippen molar-refractivity contribution < 1.29 is 0 Å². The number of benzene rings is 1. The topological polar surface area (TPSA) is 29.3 Å². The number of hydrogen-bond donors (Lipinski definition) is 1. The molecular formula is C12H15ClN2S2. The van der Waals surface area contributed by atoms with Crippen molar-refractivity contribution in [2.75, 3.05) is 29.5 Å². The van der Waals surface area contributed by atoms with Crippen LogP contribution in [0.3, 0.4) is 0 Å². The molecule has 0 bridgehead atoms. The van der Waals surface area contributed by atoms with Crippen LogP contribution in [-0.2, 0) is 0 Å². The van der Waals surface area contributed by atoms with E-state index in [0.29, 0.717) is 10.0 Å². The number of thioether (sulfide) groups is 1. The minimum atomic E-state index is 0.416. The molecule has 2 rings (SSSR count). The van der Waals surface area contributed by atoms with E-state index in [2.05, 4.69) is 4.90 Å². The highest BCUT2D eigenvalue weighted by Crippen LogP contribution is 2.26. The molecule has 1 saturated heterocycles. The average molecular weight is 287 g/mol. The molecule has 0 aromatic heterocycles. The molecule has 0 unspecified atom stereocenters. The second-order valence-electron chi connectivity index (χ2n) is 3.98. The molecule has 2 nitrogen and oxygen atoms in total. The Kier molecular flexibility index (Phi) is 4.54. The number of nitrogens with two attached hydrogens (primary N) is 1. The summed E-state index contributed by atoms with van der Waals surface area (Å²) in [5.74, 6) is 2.38. The highest BCUT2D eigenvalue weighted by Gasteiger charge is 2.15. The van der Waals surface area contributed by atoms with Gasteiger partial charge in [-0.2, -0.15) is 11.8 Å². The fourth-order valence-electron chi connectivity index (χ4n) is 1.97. The molecule has 1 aromatic rings. The smallest absolute Gasteiger partial charge is 0.106 e. The van der Waals surface area contributed by atoms with Gasteiger partial charge in [-0.15, -0.1) is 0 Å². The van der Waals surface area contributed by atoms with Crippen molar-refractivity contribution in [3.63, 3.8) is 0 Å². The van der Waals surface area contributed by atoms with Crippen LogP contribution in [0.1, 0.15) is 12.0 Å². The van der Waals surface area contributed by atoms with Gasteiger partial charge in [-0.25, -0.2) is 0 Å². The number of hydrogen-bond acceptors (Lipinski definition) is 3. The second kappa shape index (κ2) is 5.94. The van der Waals surface area contributed by atoms with E-state index in [9.17, 15) is 0 Å². The number of nitrogens with zero attached hydrogens (tertiary/aromatic N) is 1. The zero-order chi connectivity index (χ0) is 12.3. The van der Waals surface area contributed by atoms with Gasteiger partial charge in [-0.3, -0.25) is 0 Å². The summed E-state index contributed by atoms with van der Waals surface area (Å²) in [6.45, 7) is 2.10. The van der Waals surface area contributed by atoms with Crippen LogP contribution in [0, 0.1) is 0 Å². The maximum absolute atomic E-state index is 5.99. The van der Waals surface area contributed by atoms with E-state index in [4.69, 9.17) is 29.6 Å². The lowest BCUT2D eigenvalue weighted by atomic mass is 10.1. The predicted molar refractivity (Wildman–Crippen MR) is 81.5 cm³/mol. The summed E-state index contributed by atoms with van der Waals surface area (Å²) < 4.78 is 0. The van der Waals surface area contributed by atoms with Crippen LogP contribution in [0.5, 0.6) is 0 Å². The zero-order valence-corrected chi connectivity index (χ0v) is 11.9. The summed E-state index contributed by atoms with van der Waals surface area (Å²) in [7, 11) is 0. The molecule has 1 aliphatic rings. The van der Waals surface area contributed by atoms with Gasteiger partial charge >= 0.3 is 0 Å². The third-order valence-corrected chi connectivity index (χ3v) is 4.29. The lowest BCUT2D eigenvalue weighted by Crippen LogP contribution is -2.28. The second-order valence-corrected chi connectivity index (χ2v) is 6.08. The van der Waals surface area contributed by atoms with Crippen molar-refractivity contribution in [2.24, 2.45) is 5.73 Å². The summed E-state index contributed by atoms with van der Waals surface area (Å²) in [5.41, 5.74) is 7.77. The van der Waals surface area contributed by atoms with Crippen LogP contribution >= 0.6 is 35.6 Å². The van der Waals surface area contributed by atoms with Crippen molar-refractivity contribution in [1.82, 2.24) is 0 Å². The lowest BCUT2D eigenvalue weighted by molar-refractivity contribution is 0.815. The Morgan fingerprint density at radius 1 is 1.35 bits per heavy atom. The maximum atomic E-state index is 5.99. The fraction of sp³-hybridized carbons (Fsp3) is 0.417. The molecule has 1 aromatic carbocycles. The number of anilines is 1. The van der Waals surface area contributed by atoms with E-state index in [0.717, 1.165) is 30.1 Å². The van der Waals surface area contributed by atoms with Crippen molar-refractivity contribution in [2.45, 2.75) is 6.42 Å². The van der Waals surface area contributed by atoms with Crippen LogP contribution in [0.4, 0.5) is 5.69 Å². The highest BCUT2D eigenvalue weighted by molar-refractivity contribution is 7.99. The van der Waals surface area contributed by atoms with Gasteiger partial charge in [-0.05, 0) is 30.4 Å². The van der Waals surface area contributed by atoms with Crippen molar-refractivity contribution >= 4 is 46.3 Å². The fourth-order valence-corrected chi connectivity index (χ4v) is 3.19. The third kappa shape index (κ3) is 3.27. The maximum Gasteiger partial charge on any atom is 0.106 e. The molecule has 2 N–H and O–H groups in total. The zero-order valence-electron chi connectivity index (χ0n) is 9.49. The normalized spacial score (nSPS) is 16.6. The third-order valence-electron chi connectivity index (χ3n) is 2.79. The van der Waals surface area contributed by atoms with Gasteiger partial charge in [0.05, 0.1) is 0 Å². The molecule has 1 fully saturated rings. The van der Waals surface area contributed by atoms with Crippen molar-refractivity contribution in [1.29, 1.82) is 0 Å². The summed E-state index contributed by atoms with van der Waals surface area (Å²) >= 11 is 13.1. The van der Waals surface area contributed by atoms with Gasteiger partial charge in [0, 0.05) is 35.1 Å². The molecule has 17 heavy (non-hydrogen) atoms. The van der Waals surface area contributed by atoms with Crippen LogP contribution in [0.2, 0.25) is 5.02 Å². The van der Waals surface area contributed by atoms with Gasteiger partial charge in [0.2, 0.25) is 0 Å². The van der Waals surface area contributed by atoms with E-state index in [1.165, 1.54) is 12.2 Å². The monoisotopic (exact) mass is 286 g/mol. The Balaban J connectivity index is 2.32. The molecule has 0 saturated carbocycles. The van der Waals surface area contributed by atoms with Crippen LogP contribution < -0.4 is 10.6 Å². The Morgan fingerprint density at radius 3 is 2.94 bits per heavy atom. The minimum Gasteiger partial charge on any atom is -0.389 e. The molecule has 0 amide bonds. The van der Waals surface area contributed by atoms with E-state index < -0.39 is 0 Å². The Hall–Kier alpha value is -0.450. The van der Waals surface area contributed by atoms with Crippen LogP contribution in [0.25, 0.3) is 0 Å². The molecular weight excluding hydrogens is 272 g/mol. The lowest BCUT2D eigenvalue weighted by Gasteiger charge is -2.25. The number of halogens is 1. The van der Waals surface area contributed by atoms with Crippen molar-refractivity contribution in [3.05, 3.63) is 28.8 Å². The van der Waals surface area contributed by atoms with E-state index in [1.54, 1.807) is 0 Å². The van der Waals surface area contributed by atoms with E-state index in [1.807, 2.05) is 30.0 Å². The Morgan fingerprint density at radius 2 is 2.18 bits per heavy atom. The van der Waals surface area contributed by atoms with Gasteiger partial charge in [0.25, 0.3) is 0 Å². The van der Waals surface area contributed by atoms with Crippen molar-refractivity contribution in [3.8, 4) is 0 Å². The van der Waals surface area contributed by atoms with Crippen LogP contribution in [-0.4, -0.2) is 29.6 Å². The first-order chi connectivity index (χ1) is 8.18. The Bertz CT molecular complexity index is 415. The first kappa shape index (κ1) is 13.0. The average Bonchev–Trinajstić information content (AvgIpc) is 2.57. The standard InChI is InChI=1S/C12H15ClN2S2/c13-9-2-3-11(10(8-9)12(14)16)15-4-1-6-17-7-5-15/h2-3,8H,1,4-7H2,(H2,14,16). The molecule has 0 atom stereocenters. The van der Waals surface area contributed by atoms with E-state index in [-0.39, 0.29) is 0 Å². The number of thiocarbonyl (C=S) groups is 1. The summed E-state index contributed by atoms with van der Waals surface area (Å²) in [5, 5.41) is 0.681. The van der Waals surface area contributed by atoms with E-state index >= 15 is 0 Å². The molecule has 1 aliphatic heterocycles. The molecule has 92 valence electrons. The molecule has 1 heterocycles. The Labute approximate surface area is 117 Å². The molecule has 0 radical (unpaired) electrons. The summed E-state index contributed by atoms with van der Waals surface area (Å²) in [6, 6.07) is 5.78. The summed E-state index contributed by atoms with van der Waals surface area (Å²) in [6.07, 6.45) is 1.20. The van der Waals surface area contributed by atoms with Gasteiger partial charge in [-0.1, -0.05) is 23.8 Å². The molecule has 0 spiro atoms. The van der Waals surface area contributed by atoms with Gasteiger partial charge in [0.1, 0.15) is 4.99 Å².